The first-order valence-electron chi connectivity index (χ1n) is 5.75. The van der Waals surface area contributed by atoms with E-state index in [4.69, 9.17) is 23.2 Å². The molecule has 0 fully saturated rings. The summed E-state index contributed by atoms with van der Waals surface area (Å²) in [5, 5.41) is 3.77. The molecule has 0 bridgehead atoms. The van der Waals surface area contributed by atoms with Crippen molar-refractivity contribution in [1.82, 2.24) is 0 Å². The number of benzene rings is 2. The lowest BCUT2D eigenvalue weighted by molar-refractivity contribution is -0.111. The summed E-state index contributed by atoms with van der Waals surface area (Å²) < 4.78 is 0.817. The summed E-state index contributed by atoms with van der Waals surface area (Å²) in [6, 6.07) is 12.6. The standard InChI is InChI=1S/C15H10BrCl2NO/c16-11-4-1-2-7-14(11)19-15(20)9-8-10-12(17)5-3-6-13(10)18/h1-9H,(H,19,20). The second kappa shape index (κ2) is 6.93. The Labute approximate surface area is 135 Å². The molecule has 0 aliphatic heterocycles. The van der Waals surface area contributed by atoms with E-state index in [1.807, 2.05) is 18.2 Å². The van der Waals surface area contributed by atoms with Gasteiger partial charge in [-0.05, 0) is 46.3 Å². The molecule has 0 saturated heterocycles. The molecule has 2 nitrogen and oxygen atoms in total. The number of para-hydroxylation sites is 1. The van der Waals surface area contributed by atoms with Crippen LogP contribution in [0.25, 0.3) is 6.08 Å². The number of rotatable bonds is 3. The third-order valence-electron chi connectivity index (χ3n) is 2.53. The molecule has 0 aliphatic rings. The minimum atomic E-state index is -0.257. The highest BCUT2D eigenvalue weighted by molar-refractivity contribution is 9.10. The molecule has 0 spiro atoms. The number of amides is 1. The van der Waals surface area contributed by atoms with Gasteiger partial charge in [-0.3, -0.25) is 4.79 Å². The average molecular weight is 371 g/mol. The first-order valence-corrected chi connectivity index (χ1v) is 7.30. The third-order valence-corrected chi connectivity index (χ3v) is 3.88. The topological polar surface area (TPSA) is 29.1 Å². The van der Waals surface area contributed by atoms with Crippen LogP contribution < -0.4 is 5.32 Å². The third kappa shape index (κ3) is 3.85. The van der Waals surface area contributed by atoms with Crippen molar-refractivity contribution in [2.24, 2.45) is 0 Å². The van der Waals surface area contributed by atoms with Gasteiger partial charge in [0.25, 0.3) is 0 Å². The number of carbonyl (C=O) groups excluding carboxylic acids is 1. The zero-order chi connectivity index (χ0) is 14.5. The fourth-order valence-electron chi connectivity index (χ4n) is 1.57. The molecule has 1 N–H and O–H groups in total. The number of carbonyl (C=O) groups is 1. The van der Waals surface area contributed by atoms with Crippen LogP contribution in [-0.2, 0) is 4.79 Å². The quantitative estimate of drug-likeness (QED) is 0.719. The van der Waals surface area contributed by atoms with E-state index in [2.05, 4.69) is 21.2 Å². The van der Waals surface area contributed by atoms with E-state index in [0.717, 1.165) is 4.47 Å². The molecule has 2 aromatic rings. The fourth-order valence-corrected chi connectivity index (χ4v) is 2.47. The predicted molar refractivity (Wildman–Crippen MR) is 88.3 cm³/mol. The molecule has 1 amide bonds. The molecule has 0 atom stereocenters. The molecule has 0 heterocycles. The van der Waals surface area contributed by atoms with Crippen molar-refractivity contribution < 1.29 is 4.79 Å². The van der Waals surface area contributed by atoms with Crippen LogP contribution in [0.4, 0.5) is 5.69 Å². The monoisotopic (exact) mass is 369 g/mol. The molecule has 20 heavy (non-hydrogen) atoms. The van der Waals surface area contributed by atoms with Crippen LogP contribution in [0.5, 0.6) is 0 Å². The number of halogens is 3. The second-order valence-corrected chi connectivity index (χ2v) is 5.61. The molecule has 102 valence electrons. The Balaban J connectivity index is 2.12. The smallest absolute Gasteiger partial charge is 0.248 e. The van der Waals surface area contributed by atoms with Gasteiger partial charge in [-0.15, -0.1) is 0 Å². The van der Waals surface area contributed by atoms with Crippen molar-refractivity contribution in [2.45, 2.75) is 0 Å². The lowest BCUT2D eigenvalue weighted by Gasteiger charge is -2.04. The maximum atomic E-state index is 11.9. The van der Waals surface area contributed by atoms with Crippen LogP contribution in [0.2, 0.25) is 10.0 Å². The molecule has 0 unspecified atom stereocenters. The number of hydrogen-bond donors (Lipinski definition) is 1. The van der Waals surface area contributed by atoms with Gasteiger partial charge in [-0.1, -0.05) is 41.4 Å². The van der Waals surface area contributed by atoms with Crippen molar-refractivity contribution in [3.63, 3.8) is 0 Å². The largest absolute Gasteiger partial charge is 0.321 e. The summed E-state index contributed by atoms with van der Waals surface area (Å²) in [5.74, 6) is -0.257. The fraction of sp³-hybridized carbons (Fsp3) is 0. The Morgan fingerprint density at radius 2 is 1.70 bits per heavy atom. The zero-order valence-electron chi connectivity index (χ0n) is 10.2. The van der Waals surface area contributed by atoms with Crippen molar-refractivity contribution in [3.8, 4) is 0 Å². The van der Waals surface area contributed by atoms with Crippen LogP contribution in [-0.4, -0.2) is 5.91 Å². The maximum Gasteiger partial charge on any atom is 0.248 e. The highest BCUT2D eigenvalue weighted by Crippen LogP contribution is 2.25. The van der Waals surface area contributed by atoms with E-state index in [1.165, 1.54) is 6.08 Å². The summed E-state index contributed by atoms with van der Waals surface area (Å²) in [4.78, 5) is 11.9. The van der Waals surface area contributed by atoms with Crippen LogP contribution in [0, 0.1) is 0 Å². The van der Waals surface area contributed by atoms with E-state index >= 15 is 0 Å². The molecule has 5 heteroatoms. The minimum Gasteiger partial charge on any atom is -0.321 e. The first-order chi connectivity index (χ1) is 9.58. The Morgan fingerprint density at radius 3 is 2.35 bits per heavy atom. The molecule has 0 radical (unpaired) electrons. The average Bonchev–Trinajstić information content (AvgIpc) is 2.41. The first kappa shape index (κ1) is 15.1. The van der Waals surface area contributed by atoms with E-state index in [1.54, 1.807) is 30.3 Å². The number of hydrogen-bond acceptors (Lipinski definition) is 1. The highest BCUT2D eigenvalue weighted by Gasteiger charge is 2.04. The van der Waals surface area contributed by atoms with E-state index in [9.17, 15) is 4.79 Å². The van der Waals surface area contributed by atoms with Gasteiger partial charge in [-0.25, -0.2) is 0 Å². The second-order valence-electron chi connectivity index (χ2n) is 3.94. The van der Waals surface area contributed by atoms with Crippen LogP contribution in [0.15, 0.2) is 53.0 Å². The van der Waals surface area contributed by atoms with Gasteiger partial charge in [0.15, 0.2) is 0 Å². The van der Waals surface area contributed by atoms with E-state index in [0.29, 0.717) is 21.3 Å². The van der Waals surface area contributed by atoms with E-state index < -0.39 is 0 Å². The predicted octanol–water partition coefficient (Wildman–Crippen LogP) is 5.41. The Morgan fingerprint density at radius 1 is 1.05 bits per heavy atom. The molecule has 0 saturated carbocycles. The maximum absolute atomic E-state index is 11.9. The summed E-state index contributed by atoms with van der Waals surface area (Å²) in [7, 11) is 0. The van der Waals surface area contributed by atoms with Crippen LogP contribution in [0.3, 0.4) is 0 Å². The van der Waals surface area contributed by atoms with Gasteiger partial charge < -0.3 is 5.32 Å². The van der Waals surface area contributed by atoms with Gasteiger partial charge >= 0.3 is 0 Å². The summed E-state index contributed by atoms with van der Waals surface area (Å²) in [6.07, 6.45) is 2.99. The molecule has 2 rings (SSSR count). The molecule has 0 aliphatic carbocycles. The van der Waals surface area contributed by atoms with Crippen molar-refractivity contribution in [3.05, 3.63) is 68.6 Å². The molecular weight excluding hydrogens is 361 g/mol. The Hall–Kier alpha value is -1.29. The summed E-state index contributed by atoms with van der Waals surface area (Å²) in [6.45, 7) is 0. The molecular formula is C15H10BrCl2NO. The number of anilines is 1. The van der Waals surface area contributed by atoms with Crippen molar-refractivity contribution >= 4 is 56.8 Å². The SMILES string of the molecule is O=C(C=Cc1c(Cl)cccc1Cl)Nc1ccccc1Br. The van der Waals surface area contributed by atoms with Crippen molar-refractivity contribution in [2.75, 3.05) is 5.32 Å². The van der Waals surface area contributed by atoms with Crippen molar-refractivity contribution in [1.29, 1.82) is 0 Å². The molecule has 0 aromatic heterocycles. The summed E-state index contributed by atoms with van der Waals surface area (Å²) >= 11 is 15.4. The lowest BCUT2D eigenvalue weighted by Crippen LogP contribution is -2.08. The Kier molecular flexibility index (Phi) is 5.24. The normalized spacial score (nSPS) is 10.8. The van der Waals surface area contributed by atoms with Gasteiger partial charge in [0, 0.05) is 26.2 Å². The Bertz CT molecular complexity index is 650. The molecule has 2 aromatic carbocycles. The number of nitrogens with one attached hydrogen (secondary N) is 1. The van der Waals surface area contributed by atoms with E-state index in [-0.39, 0.29) is 5.91 Å². The van der Waals surface area contributed by atoms with Gasteiger partial charge in [0.2, 0.25) is 5.91 Å². The minimum absolute atomic E-state index is 0.257. The zero-order valence-corrected chi connectivity index (χ0v) is 13.3. The van der Waals surface area contributed by atoms with Gasteiger partial charge in [-0.2, -0.15) is 0 Å². The highest BCUT2D eigenvalue weighted by atomic mass is 79.9. The van der Waals surface area contributed by atoms with Crippen LogP contribution >= 0.6 is 39.1 Å². The summed E-state index contributed by atoms with van der Waals surface area (Å²) in [5.41, 5.74) is 1.32. The lowest BCUT2D eigenvalue weighted by atomic mass is 10.2. The van der Waals surface area contributed by atoms with Gasteiger partial charge in [0.05, 0.1) is 5.69 Å². The van der Waals surface area contributed by atoms with Crippen LogP contribution in [0.1, 0.15) is 5.56 Å². The van der Waals surface area contributed by atoms with Gasteiger partial charge in [0.1, 0.15) is 0 Å².